The fourth-order valence-electron chi connectivity index (χ4n) is 4.26. The van der Waals surface area contributed by atoms with E-state index in [2.05, 4.69) is 13.0 Å². The summed E-state index contributed by atoms with van der Waals surface area (Å²) in [6.07, 6.45) is 10.2. The van der Waals surface area contributed by atoms with Crippen LogP contribution in [0.25, 0.3) is 0 Å². The minimum absolute atomic E-state index is 0.0209. The van der Waals surface area contributed by atoms with Crippen molar-refractivity contribution in [3.63, 3.8) is 0 Å². The molecule has 1 aliphatic rings. The van der Waals surface area contributed by atoms with E-state index in [1.165, 1.54) is 0 Å². The van der Waals surface area contributed by atoms with Crippen LogP contribution in [0.1, 0.15) is 87.9 Å². The molecule has 1 fully saturated rings. The van der Waals surface area contributed by atoms with Crippen molar-refractivity contribution in [2.45, 2.75) is 88.2 Å². The Labute approximate surface area is 179 Å². The predicted molar refractivity (Wildman–Crippen MR) is 117 cm³/mol. The first kappa shape index (κ1) is 23.9. The Morgan fingerprint density at radius 3 is 2.59 bits per heavy atom. The molecule has 0 aromatic heterocycles. The molecule has 0 saturated heterocycles. The van der Waals surface area contributed by atoms with Gasteiger partial charge in [-0.15, -0.1) is 11.6 Å². The number of aliphatic hydroxyl groups excluding tert-OH is 2. The van der Waals surface area contributed by atoms with E-state index in [-0.39, 0.29) is 23.6 Å². The monoisotopic (exact) mass is 422 g/mol. The highest BCUT2D eigenvalue weighted by Crippen LogP contribution is 2.45. The van der Waals surface area contributed by atoms with Crippen molar-refractivity contribution in [3.8, 4) is 0 Å². The Bertz CT molecular complexity index is 643. The van der Waals surface area contributed by atoms with Crippen molar-refractivity contribution in [1.29, 1.82) is 0 Å². The third-order valence-corrected chi connectivity index (χ3v) is 6.43. The molecule has 162 valence electrons. The first-order chi connectivity index (χ1) is 13.9. The standard InChI is InChI=1S/C24H35ClO4/c1-2-3-6-10-21(26)17-12-14-18(15-13-17)24-19(20(25)16-22(24)27)9-7-4-5-8-11-23(28)29/h4,7,12-15,19-22,24,26-27H,2-3,5-6,8-11,16H2,1H3,(H,28,29)/t19-,20+,21+,22?,24?/m0/s1. The van der Waals surface area contributed by atoms with Crippen LogP contribution in [0.4, 0.5) is 0 Å². The molecule has 0 radical (unpaired) electrons. The van der Waals surface area contributed by atoms with Gasteiger partial charge in [-0.3, -0.25) is 4.79 Å². The lowest BCUT2D eigenvalue weighted by Gasteiger charge is -2.23. The second-order valence-electron chi connectivity index (χ2n) is 8.18. The van der Waals surface area contributed by atoms with E-state index in [1.54, 1.807) is 0 Å². The summed E-state index contributed by atoms with van der Waals surface area (Å²) in [7, 11) is 0. The Morgan fingerprint density at radius 1 is 1.21 bits per heavy atom. The zero-order chi connectivity index (χ0) is 21.2. The molecule has 2 unspecified atom stereocenters. The molecule has 5 atom stereocenters. The Hall–Kier alpha value is -1.36. The highest BCUT2D eigenvalue weighted by atomic mass is 35.5. The minimum atomic E-state index is -0.767. The summed E-state index contributed by atoms with van der Waals surface area (Å²) in [6.45, 7) is 2.15. The van der Waals surface area contributed by atoms with Gasteiger partial charge in [0, 0.05) is 17.7 Å². The number of hydrogen-bond acceptors (Lipinski definition) is 3. The summed E-state index contributed by atoms with van der Waals surface area (Å²) >= 11 is 6.54. The Morgan fingerprint density at radius 2 is 1.93 bits per heavy atom. The topological polar surface area (TPSA) is 77.8 Å². The van der Waals surface area contributed by atoms with Crippen LogP contribution in [-0.2, 0) is 4.79 Å². The number of aliphatic carboxylic acids is 1. The number of rotatable bonds is 12. The van der Waals surface area contributed by atoms with E-state index in [4.69, 9.17) is 16.7 Å². The molecular weight excluding hydrogens is 388 g/mol. The highest BCUT2D eigenvalue weighted by molar-refractivity contribution is 6.21. The van der Waals surface area contributed by atoms with Gasteiger partial charge in [-0.05, 0) is 49.1 Å². The van der Waals surface area contributed by atoms with Crippen LogP contribution >= 0.6 is 11.6 Å². The van der Waals surface area contributed by atoms with Crippen LogP contribution in [0.15, 0.2) is 36.4 Å². The lowest BCUT2D eigenvalue weighted by Crippen LogP contribution is -2.18. The maximum absolute atomic E-state index is 10.6. The molecular formula is C24H35ClO4. The number of benzene rings is 1. The van der Waals surface area contributed by atoms with Crippen LogP contribution in [-0.4, -0.2) is 32.8 Å². The van der Waals surface area contributed by atoms with E-state index >= 15 is 0 Å². The van der Waals surface area contributed by atoms with Crippen molar-refractivity contribution >= 4 is 17.6 Å². The molecule has 0 heterocycles. The van der Waals surface area contributed by atoms with Crippen molar-refractivity contribution in [3.05, 3.63) is 47.5 Å². The molecule has 29 heavy (non-hydrogen) atoms. The highest BCUT2D eigenvalue weighted by Gasteiger charge is 2.41. The zero-order valence-electron chi connectivity index (χ0n) is 17.3. The number of hydrogen-bond donors (Lipinski definition) is 3. The second kappa shape index (κ2) is 12.4. The van der Waals surface area contributed by atoms with Gasteiger partial charge in [0.1, 0.15) is 0 Å². The fraction of sp³-hybridized carbons (Fsp3) is 0.625. The van der Waals surface area contributed by atoms with E-state index in [0.29, 0.717) is 12.8 Å². The third kappa shape index (κ3) is 7.44. The molecule has 1 saturated carbocycles. The molecule has 1 aromatic carbocycles. The first-order valence-corrected chi connectivity index (χ1v) is 11.3. The number of carboxylic acid groups (broad SMARTS) is 1. The summed E-state index contributed by atoms with van der Waals surface area (Å²) in [5.74, 6) is -0.646. The summed E-state index contributed by atoms with van der Waals surface area (Å²) in [5.41, 5.74) is 1.99. The average Bonchev–Trinajstić information content (AvgIpc) is 2.97. The maximum Gasteiger partial charge on any atom is 0.303 e. The summed E-state index contributed by atoms with van der Waals surface area (Å²) in [4.78, 5) is 10.6. The summed E-state index contributed by atoms with van der Waals surface area (Å²) < 4.78 is 0. The van der Waals surface area contributed by atoms with Crippen molar-refractivity contribution in [2.75, 3.05) is 0 Å². The molecule has 5 heteroatoms. The van der Waals surface area contributed by atoms with E-state index in [0.717, 1.165) is 49.7 Å². The maximum atomic E-state index is 10.6. The third-order valence-electron chi connectivity index (χ3n) is 5.93. The number of unbranched alkanes of at least 4 members (excludes halogenated alkanes) is 3. The van der Waals surface area contributed by atoms with Gasteiger partial charge in [-0.2, -0.15) is 0 Å². The molecule has 1 aliphatic carbocycles. The van der Waals surface area contributed by atoms with E-state index in [9.17, 15) is 15.0 Å². The summed E-state index contributed by atoms with van der Waals surface area (Å²) in [5, 5.41) is 29.5. The van der Waals surface area contributed by atoms with E-state index in [1.807, 2.05) is 30.3 Å². The number of allylic oxidation sites excluding steroid dienone is 2. The van der Waals surface area contributed by atoms with Crippen molar-refractivity contribution < 1.29 is 20.1 Å². The van der Waals surface area contributed by atoms with Crippen LogP contribution in [0, 0.1) is 5.92 Å². The van der Waals surface area contributed by atoms with Gasteiger partial charge in [0.15, 0.2) is 0 Å². The molecule has 0 amide bonds. The lowest BCUT2D eigenvalue weighted by molar-refractivity contribution is -0.137. The number of carbonyl (C=O) groups is 1. The molecule has 4 nitrogen and oxygen atoms in total. The van der Waals surface area contributed by atoms with Gasteiger partial charge in [0.05, 0.1) is 12.2 Å². The normalized spacial score (nSPS) is 25.5. The van der Waals surface area contributed by atoms with Crippen LogP contribution in [0.2, 0.25) is 0 Å². The molecule has 0 spiro atoms. The first-order valence-electron chi connectivity index (χ1n) is 10.9. The van der Waals surface area contributed by atoms with Crippen LogP contribution in [0.3, 0.4) is 0 Å². The lowest BCUT2D eigenvalue weighted by atomic mass is 9.84. The molecule has 0 aliphatic heterocycles. The quantitative estimate of drug-likeness (QED) is 0.233. The molecule has 0 bridgehead atoms. The van der Waals surface area contributed by atoms with Gasteiger partial charge in [-0.1, -0.05) is 62.6 Å². The SMILES string of the molecule is CCCCC[C@@H](O)c1ccc(C2C(O)C[C@@H](Cl)[C@@H]2CC=CCCCC(=O)O)cc1. The number of halogens is 1. The molecule has 2 rings (SSSR count). The minimum Gasteiger partial charge on any atom is -0.481 e. The zero-order valence-corrected chi connectivity index (χ0v) is 18.1. The molecule has 3 N–H and O–H groups in total. The van der Waals surface area contributed by atoms with E-state index < -0.39 is 18.2 Å². The smallest absolute Gasteiger partial charge is 0.303 e. The van der Waals surface area contributed by atoms with Gasteiger partial charge in [0.2, 0.25) is 0 Å². The van der Waals surface area contributed by atoms with Gasteiger partial charge in [-0.25, -0.2) is 0 Å². The van der Waals surface area contributed by atoms with Crippen molar-refractivity contribution in [2.24, 2.45) is 5.92 Å². The number of carboxylic acids is 1. The number of alkyl halides is 1. The predicted octanol–water partition coefficient (Wildman–Crippen LogP) is 5.57. The molecule has 1 aromatic rings. The largest absolute Gasteiger partial charge is 0.481 e. The number of aliphatic hydroxyl groups is 2. The van der Waals surface area contributed by atoms with Crippen LogP contribution < -0.4 is 0 Å². The summed E-state index contributed by atoms with van der Waals surface area (Å²) in [6, 6.07) is 7.98. The average molecular weight is 423 g/mol. The van der Waals surface area contributed by atoms with Gasteiger partial charge < -0.3 is 15.3 Å². The van der Waals surface area contributed by atoms with Crippen LogP contribution in [0.5, 0.6) is 0 Å². The van der Waals surface area contributed by atoms with Gasteiger partial charge >= 0.3 is 5.97 Å². The van der Waals surface area contributed by atoms with Crippen molar-refractivity contribution in [1.82, 2.24) is 0 Å². The second-order valence-corrected chi connectivity index (χ2v) is 8.74. The Balaban J connectivity index is 1.96. The Kier molecular flexibility index (Phi) is 10.2. The van der Waals surface area contributed by atoms with Gasteiger partial charge in [0.25, 0.3) is 0 Å². The fourth-order valence-corrected chi connectivity index (χ4v) is 4.71.